The Balaban J connectivity index is 2.04. The summed E-state index contributed by atoms with van der Waals surface area (Å²) in [4.78, 5) is 12.3. The van der Waals surface area contributed by atoms with Crippen LogP contribution in [0, 0.1) is 5.82 Å². The van der Waals surface area contributed by atoms with Crippen LogP contribution in [-0.2, 0) is 0 Å². The summed E-state index contributed by atoms with van der Waals surface area (Å²) < 4.78 is 14.1. The molecule has 0 radical (unpaired) electrons. The third-order valence-electron chi connectivity index (χ3n) is 2.78. The quantitative estimate of drug-likeness (QED) is 0.701. The number of hydrogen-bond donors (Lipinski definition) is 0. The molecule has 0 saturated carbocycles. The van der Waals surface area contributed by atoms with Crippen LogP contribution in [0.4, 0.5) is 4.39 Å². The highest BCUT2D eigenvalue weighted by Crippen LogP contribution is 2.24. The monoisotopic (exact) mass is 251 g/mol. The van der Waals surface area contributed by atoms with Gasteiger partial charge in [-0.05, 0) is 18.2 Å². The smallest absolute Gasteiger partial charge is 0.134 e. The summed E-state index contributed by atoms with van der Waals surface area (Å²) in [7, 11) is 0. The molecule has 3 heterocycles. The van der Waals surface area contributed by atoms with E-state index in [0.717, 1.165) is 5.56 Å². The Morgan fingerprint density at radius 2 is 1.53 bits per heavy atom. The third-order valence-corrected chi connectivity index (χ3v) is 2.78. The van der Waals surface area contributed by atoms with E-state index in [9.17, 15) is 4.39 Å². The number of rotatable bonds is 2. The highest BCUT2D eigenvalue weighted by atomic mass is 19.1. The van der Waals surface area contributed by atoms with Gasteiger partial charge in [0.2, 0.25) is 0 Å². The van der Waals surface area contributed by atoms with Crippen LogP contribution in [0.15, 0.2) is 61.3 Å². The highest BCUT2D eigenvalue weighted by molar-refractivity contribution is 5.66. The number of hydrogen-bond acceptors (Lipinski definition) is 3. The maximum atomic E-state index is 14.1. The van der Waals surface area contributed by atoms with Gasteiger partial charge in [-0.15, -0.1) is 0 Å². The molecule has 92 valence electrons. The fourth-order valence-corrected chi connectivity index (χ4v) is 1.84. The molecule has 3 rings (SSSR count). The molecule has 0 atom stereocenters. The summed E-state index contributed by atoms with van der Waals surface area (Å²) in [6.07, 6.45) is 8.12. The van der Waals surface area contributed by atoms with E-state index in [4.69, 9.17) is 0 Å². The Morgan fingerprint density at radius 3 is 2.11 bits per heavy atom. The molecule has 0 aliphatic carbocycles. The molecule has 19 heavy (non-hydrogen) atoms. The molecule has 3 aromatic heterocycles. The van der Waals surface area contributed by atoms with E-state index in [1.165, 1.54) is 12.3 Å². The van der Waals surface area contributed by atoms with Gasteiger partial charge in [0.25, 0.3) is 0 Å². The normalized spacial score (nSPS) is 10.4. The minimum atomic E-state index is -0.318. The molecule has 3 nitrogen and oxygen atoms in total. The molecule has 0 amide bonds. The van der Waals surface area contributed by atoms with E-state index in [-0.39, 0.29) is 5.82 Å². The Hall–Kier alpha value is -2.62. The van der Waals surface area contributed by atoms with Crippen molar-refractivity contribution >= 4 is 0 Å². The lowest BCUT2D eigenvalue weighted by Crippen LogP contribution is -1.91. The molecule has 3 aromatic rings. The molecule has 0 aromatic carbocycles. The number of halogens is 1. The molecule has 0 aliphatic heterocycles. The summed E-state index contributed by atoms with van der Waals surface area (Å²) in [5, 5.41) is 0. The van der Waals surface area contributed by atoms with Crippen molar-refractivity contribution in [2.24, 2.45) is 0 Å². The number of aromatic nitrogens is 3. The first-order valence-corrected chi connectivity index (χ1v) is 5.81. The minimum absolute atomic E-state index is 0.318. The summed E-state index contributed by atoms with van der Waals surface area (Å²) in [5.41, 5.74) is 2.52. The average Bonchev–Trinajstić information content (AvgIpc) is 2.49. The van der Waals surface area contributed by atoms with E-state index in [2.05, 4.69) is 15.0 Å². The van der Waals surface area contributed by atoms with Gasteiger partial charge in [0.05, 0.1) is 5.69 Å². The van der Waals surface area contributed by atoms with E-state index in [1.807, 2.05) is 6.07 Å². The Labute approximate surface area is 109 Å². The standard InChI is InChI=1S/C15H10FN3/c16-14-7-15(12-4-2-6-18-9-12)19-10-13(14)11-3-1-5-17-8-11/h1-10H. The first-order chi connectivity index (χ1) is 9.34. The molecule has 0 N–H and O–H groups in total. The summed E-state index contributed by atoms with van der Waals surface area (Å²) in [6, 6.07) is 8.63. The van der Waals surface area contributed by atoms with Crippen LogP contribution >= 0.6 is 0 Å². The van der Waals surface area contributed by atoms with Crippen LogP contribution in [0.2, 0.25) is 0 Å². The lowest BCUT2D eigenvalue weighted by Gasteiger charge is -2.05. The van der Waals surface area contributed by atoms with Crippen molar-refractivity contribution in [1.82, 2.24) is 15.0 Å². The predicted molar refractivity (Wildman–Crippen MR) is 70.7 cm³/mol. The fraction of sp³-hybridized carbons (Fsp3) is 0. The highest BCUT2D eigenvalue weighted by Gasteiger charge is 2.08. The molecule has 0 fully saturated rings. The van der Waals surface area contributed by atoms with Gasteiger partial charge in [0.1, 0.15) is 5.82 Å². The second kappa shape index (κ2) is 4.94. The van der Waals surface area contributed by atoms with Crippen LogP contribution in [0.5, 0.6) is 0 Å². The van der Waals surface area contributed by atoms with Gasteiger partial charge >= 0.3 is 0 Å². The van der Waals surface area contributed by atoms with Gasteiger partial charge in [-0.2, -0.15) is 0 Å². The Morgan fingerprint density at radius 1 is 0.842 bits per heavy atom. The summed E-state index contributed by atoms with van der Waals surface area (Å²) in [5.74, 6) is -0.318. The fourth-order valence-electron chi connectivity index (χ4n) is 1.84. The predicted octanol–water partition coefficient (Wildman–Crippen LogP) is 3.34. The van der Waals surface area contributed by atoms with Crippen LogP contribution in [0.25, 0.3) is 22.4 Å². The van der Waals surface area contributed by atoms with Crippen molar-refractivity contribution in [2.75, 3.05) is 0 Å². The lowest BCUT2D eigenvalue weighted by atomic mass is 10.1. The zero-order valence-electron chi connectivity index (χ0n) is 9.99. The Kier molecular flexibility index (Phi) is 2.98. The summed E-state index contributed by atoms with van der Waals surface area (Å²) in [6.45, 7) is 0. The van der Waals surface area contributed by atoms with Crippen molar-refractivity contribution in [3.05, 3.63) is 67.1 Å². The van der Waals surface area contributed by atoms with E-state index < -0.39 is 0 Å². The zero-order chi connectivity index (χ0) is 13.1. The van der Waals surface area contributed by atoms with Gasteiger partial charge in [0.15, 0.2) is 0 Å². The maximum Gasteiger partial charge on any atom is 0.134 e. The van der Waals surface area contributed by atoms with E-state index in [1.54, 1.807) is 43.0 Å². The van der Waals surface area contributed by atoms with Crippen LogP contribution < -0.4 is 0 Å². The third kappa shape index (κ3) is 2.33. The SMILES string of the molecule is Fc1cc(-c2cccnc2)ncc1-c1cccnc1. The number of nitrogens with zero attached hydrogens (tertiary/aromatic N) is 3. The molecule has 0 spiro atoms. The van der Waals surface area contributed by atoms with Crippen molar-refractivity contribution in [3.63, 3.8) is 0 Å². The molecule has 0 saturated heterocycles. The molecule has 4 heteroatoms. The van der Waals surface area contributed by atoms with E-state index >= 15 is 0 Å². The van der Waals surface area contributed by atoms with E-state index in [0.29, 0.717) is 16.8 Å². The molecular formula is C15H10FN3. The Bertz CT molecular complexity index is 684. The second-order valence-corrected chi connectivity index (χ2v) is 4.03. The van der Waals surface area contributed by atoms with Gasteiger partial charge in [0, 0.05) is 53.7 Å². The molecular weight excluding hydrogens is 241 g/mol. The molecule has 0 unspecified atom stereocenters. The molecule has 0 aliphatic rings. The van der Waals surface area contributed by atoms with Gasteiger partial charge in [-0.25, -0.2) is 4.39 Å². The van der Waals surface area contributed by atoms with Gasteiger partial charge in [-0.1, -0.05) is 6.07 Å². The first-order valence-electron chi connectivity index (χ1n) is 5.81. The number of pyridine rings is 3. The first kappa shape index (κ1) is 11.5. The zero-order valence-corrected chi connectivity index (χ0v) is 9.99. The average molecular weight is 251 g/mol. The van der Waals surface area contributed by atoms with Crippen molar-refractivity contribution < 1.29 is 4.39 Å². The van der Waals surface area contributed by atoms with Crippen molar-refractivity contribution in [3.8, 4) is 22.4 Å². The summed E-state index contributed by atoms with van der Waals surface area (Å²) >= 11 is 0. The van der Waals surface area contributed by atoms with Crippen molar-refractivity contribution in [2.45, 2.75) is 0 Å². The van der Waals surface area contributed by atoms with Crippen LogP contribution in [0.3, 0.4) is 0 Å². The van der Waals surface area contributed by atoms with Crippen molar-refractivity contribution in [1.29, 1.82) is 0 Å². The minimum Gasteiger partial charge on any atom is -0.264 e. The van der Waals surface area contributed by atoms with Crippen LogP contribution in [0.1, 0.15) is 0 Å². The lowest BCUT2D eigenvalue weighted by molar-refractivity contribution is 0.630. The largest absolute Gasteiger partial charge is 0.264 e. The maximum absolute atomic E-state index is 14.1. The topological polar surface area (TPSA) is 38.7 Å². The van der Waals surface area contributed by atoms with Crippen LogP contribution in [-0.4, -0.2) is 15.0 Å². The van der Waals surface area contributed by atoms with Gasteiger partial charge in [-0.3, -0.25) is 15.0 Å². The molecule has 0 bridgehead atoms. The second-order valence-electron chi connectivity index (χ2n) is 4.03. The van der Waals surface area contributed by atoms with Gasteiger partial charge < -0.3 is 0 Å².